The fourth-order valence-electron chi connectivity index (χ4n) is 2.94. The van der Waals surface area contributed by atoms with Crippen LogP contribution in [-0.2, 0) is 4.79 Å². The Kier molecular flexibility index (Phi) is 4.45. The molecule has 0 unspecified atom stereocenters. The van der Waals surface area contributed by atoms with Crippen molar-refractivity contribution in [1.82, 2.24) is 4.98 Å². The molecule has 7 heteroatoms. The Labute approximate surface area is 160 Å². The Morgan fingerprint density at radius 1 is 1.07 bits per heavy atom. The molecule has 1 aromatic heterocycles. The molecule has 0 atom stereocenters. The van der Waals surface area contributed by atoms with Gasteiger partial charge >= 0.3 is 0 Å². The molecule has 0 saturated carbocycles. The van der Waals surface area contributed by atoms with Crippen LogP contribution < -0.4 is 19.1 Å². The van der Waals surface area contributed by atoms with Crippen molar-refractivity contribution in [3.05, 3.63) is 41.8 Å². The van der Waals surface area contributed by atoms with Crippen LogP contribution in [0.5, 0.6) is 17.2 Å². The van der Waals surface area contributed by atoms with E-state index in [1.807, 2.05) is 41.8 Å². The Hall–Kier alpha value is -3.06. The molecule has 2 aromatic carbocycles. The number of anilines is 1. The first-order chi connectivity index (χ1) is 13.1. The molecule has 0 fully saturated rings. The van der Waals surface area contributed by atoms with Gasteiger partial charge in [-0.15, -0.1) is 11.3 Å². The summed E-state index contributed by atoms with van der Waals surface area (Å²) in [5.41, 5.74) is 3.49. The van der Waals surface area contributed by atoms with Gasteiger partial charge in [0.15, 0.2) is 18.1 Å². The van der Waals surface area contributed by atoms with E-state index in [4.69, 9.17) is 19.2 Å². The predicted octanol–water partition coefficient (Wildman–Crippen LogP) is 3.85. The SMILES string of the molecule is COc1ccc(-c2nc(-c3ccc4c(c3)N(C)C(=O)CO4)cs2)cc1OC. The number of hydrogen-bond acceptors (Lipinski definition) is 6. The van der Waals surface area contributed by atoms with E-state index in [1.165, 1.54) is 0 Å². The molecule has 138 valence electrons. The summed E-state index contributed by atoms with van der Waals surface area (Å²) in [7, 11) is 4.98. The molecule has 27 heavy (non-hydrogen) atoms. The highest BCUT2D eigenvalue weighted by Crippen LogP contribution is 2.38. The molecular formula is C20H18N2O4S. The number of carbonyl (C=O) groups excluding carboxylic acids is 1. The number of methoxy groups -OCH3 is 2. The molecule has 1 aliphatic rings. The zero-order valence-electron chi connectivity index (χ0n) is 15.2. The number of hydrogen-bond donors (Lipinski definition) is 0. The molecule has 0 N–H and O–H groups in total. The number of nitrogens with zero attached hydrogens (tertiary/aromatic N) is 2. The van der Waals surface area contributed by atoms with Crippen molar-refractivity contribution in [3.8, 4) is 39.1 Å². The average Bonchev–Trinajstić information content (AvgIpc) is 3.20. The van der Waals surface area contributed by atoms with Gasteiger partial charge in [-0.2, -0.15) is 0 Å². The fraction of sp³-hybridized carbons (Fsp3) is 0.200. The summed E-state index contributed by atoms with van der Waals surface area (Å²) in [5.74, 6) is 1.98. The Morgan fingerprint density at radius 3 is 2.63 bits per heavy atom. The average molecular weight is 382 g/mol. The molecule has 0 saturated heterocycles. The lowest BCUT2D eigenvalue weighted by Gasteiger charge is -2.26. The van der Waals surface area contributed by atoms with Crippen molar-refractivity contribution in [2.24, 2.45) is 0 Å². The summed E-state index contributed by atoms with van der Waals surface area (Å²) < 4.78 is 16.1. The van der Waals surface area contributed by atoms with Gasteiger partial charge in [-0.1, -0.05) is 0 Å². The summed E-state index contributed by atoms with van der Waals surface area (Å²) in [6, 6.07) is 11.5. The largest absolute Gasteiger partial charge is 0.493 e. The standard InChI is InChI=1S/C20H18N2O4S/c1-22-15-8-12(4-6-16(15)26-10-19(22)23)14-11-27-20(21-14)13-5-7-17(24-2)18(9-13)25-3/h4-9,11H,10H2,1-3H3. The molecule has 2 heterocycles. The van der Waals surface area contributed by atoms with Crippen molar-refractivity contribution >= 4 is 22.9 Å². The first kappa shape index (κ1) is 17.4. The van der Waals surface area contributed by atoms with Crippen molar-refractivity contribution in [3.63, 3.8) is 0 Å². The van der Waals surface area contributed by atoms with Gasteiger partial charge in [-0.05, 0) is 36.4 Å². The Morgan fingerprint density at radius 2 is 1.85 bits per heavy atom. The van der Waals surface area contributed by atoms with Crippen LogP contribution in [0.3, 0.4) is 0 Å². The number of fused-ring (bicyclic) bond motifs is 1. The van der Waals surface area contributed by atoms with Gasteiger partial charge in [0.1, 0.15) is 10.8 Å². The van der Waals surface area contributed by atoms with E-state index >= 15 is 0 Å². The number of thiazole rings is 1. The minimum absolute atomic E-state index is 0.0658. The minimum atomic E-state index is -0.0658. The van der Waals surface area contributed by atoms with E-state index in [1.54, 1.807) is 37.5 Å². The number of ether oxygens (including phenoxy) is 3. The molecule has 0 spiro atoms. The maximum atomic E-state index is 11.9. The number of likely N-dealkylation sites (N-methyl/N-ethyl adjacent to an activating group) is 1. The topological polar surface area (TPSA) is 60.9 Å². The van der Waals surface area contributed by atoms with Crippen molar-refractivity contribution < 1.29 is 19.0 Å². The quantitative estimate of drug-likeness (QED) is 0.686. The van der Waals surface area contributed by atoms with Gasteiger partial charge < -0.3 is 19.1 Å². The predicted molar refractivity (Wildman–Crippen MR) is 105 cm³/mol. The van der Waals surface area contributed by atoms with E-state index in [2.05, 4.69) is 0 Å². The molecule has 3 aromatic rings. The zero-order valence-corrected chi connectivity index (χ0v) is 16.0. The molecule has 4 rings (SSSR count). The number of amides is 1. The van der Waals surface area contributed by atoms with Crippen molar-refractivity contribution in [1.29, 1.82) is 0 Å². The Bertz CT molecular complexity index is 1010. The van der Waals surface area contributed by atoms with Gasteiger partial charge in [0.25, 0.3) is 5.91 Å². The van der Waals surface area contributed by atoms with Crippen LogP contribution in [0.15, 0.2) is 41.8 Å². The van der Waals surface area contributed by atoms with Gasteiger partial charge in [0.2, 0.25) is 0 Å². The highest BCUT2D eigenvalue weighted by Gasteiger charge is 2.23. The van der Waals surface area contributed by atoms with Crippen LogP contribution in [0.2, 0.25) is 0 Å². The van der Waals surface area contributed by atoms with Crippen LogP contribution in [-0.4, -0.2) is 38.8 Å². The lowest BCUT2D eigenvalue weighted by Crippen LogP contribution is -2.35. The molecule has 1 aliphatic heterocycles. The second kappa shape index (κ2) is 6.92. The summed E-state index contributed by atoms with van der Waals surface area (Å²) in [4.78, 5) is 18.2. The normalized spacial score (nSPS) is 13.1. The van der Waals surface area contributed by atoms with Gasteiger partial charge in [-0.3, -0.25) is 4.79 Å². The third-order valence-corrected chi connectivity index (χ3v) is 5.37. The summed E-state index contributed by atoms with van der Waals surface area (Å²) in [6.07, 6.45) is 0. The minimum Gasteiger partial charge on any atom is -0.493 e. The van der Waals surface area contributed by atoms with Crippen LogP contribution in [0.25, 0.3) is 21.8 Å². The molecular weight excluding hydrogens is 364 g/mol. The maximum absolute atomic E-state index is 11.9. The number of rotatable bonds is 4. The zero-order chi connectivity index (χ0) is 19.0. The third-order valence-electron chi connectivity index (χ3n) is 4.48. The molecule has 0 aliphatic carbocycles. The van der Waals surface area contributed by atoms with E-state index in [-0.39, 0.29) is 12.5 Å². The molecule has 1 amide bonds. The first-order valence-corrected chi connectivity index (χ1v) is 9.20. The highest BCUT2D eigenvalue weighted by molar-refractivity contribution is 7.13. The van der Waals surface area contributed by atoms with Crippen molar-refractivity contribution in [2.75, 3.05) is 32.8 Å². The fourth-order valence-corrected chi connectivity index (χ4v) is 3.77. The lowest BCUT2D eigenvalue weighted by atomic mass is 10.1. The van der Waals surface area contributed by atoms with E-state index in [0.717, 1.165) is 27.5 Å². The molecule has 0 radical (unpaired) electrons. The second-order valence-corrected chi connectivity index (χ2v) is 6.89. The van der Waals surface area contributed by atoms with Gasteiger partial charge in [0, 0.05) is 23.6 Å². The smallest absolute Gasteiger partial charge is 0.264 e. The van der Waals surface area contributed by atoms with Crippen LogP contribution in [0.4, 0.5) is 5.69 Å². The summed E-state index contributed by atoms with van der Waals surface area (Å²) in [6.45, 7) is 0.0724. The van der Waals surface area contributed by atoms with Crippen LogP contribution >= 0.6 is 11.3 Å². The maximum Gasteiger partial charge on any atom is 0.264 e. The third kappa shape index (κ3) is 3.10. The molecule has 0 bridgehead atoms. The van der Waals surface area contributed by atoms with E-state index in [0.29, 0.717) is 17.2 Å². The highest BCUT2D eigenvalue weighted by atomic mass is 32.1. The number of benzene rings is 2. The first-order valence-electron chi connectivity index (χ1n) is 8.32. The summed E-state index contributed by atoms with van der Waals surface area (Å²) in [5, 5.41) is 2.88. The number of carbonyl (C=O) groups is 1. The van der Waals surface area contributed by atoms with E-state index < -0.39 is 0 Å². The van der Waals surface area contributed by atoms with Crippen LogP contribution in [0, 0.1) is 0 Å². The summed E-state index contributed by atoms with van der Waals surface area (Å²) >= 11 is 1.55. The van der Waals surface area contributed by atoms with E-state index in [9.17, 15) is 4.79 Å². The van der Waals surface area contributed by atoms with Gasteiger partial charge in [-0.25, -0.2) is 4.98 Å². The monoisotopic (exact) mass is 382 g/mol. The van der Waals surface area contributed by atoms with Crippen LogP contribution in [0.1, 0.15) is 0 Å². The second-order valence-electron chi connectivity index (χ2n) is 6.03. The van der Waals surface area contributed by atoms with Gasteiger partial charge in [0.05, 0.1) is 25.6 Å². The van der Waals surface area contributed by atoms with Crippen molar-refractivity contribution in [2.45, 2.75) is 0 Å². The Balaban J connectivity index is 1.68. The lowest BCUT2D eigenvalue weighted by molar-refractivity contribution is -0.120. The number of aromatic nitrogens is 1. The molecule has 6 nitrogen and oxygen atoms in total.